The molecule has 1 amide bonds. The fourth-order valence-corrected chi connectivity index (χ4v) is 4.17. The molecule has 0 saturated heterocycles. The largest absolute Gasteiger partial charge is 0.491 e. The predicted molar refractivity (Wildman–Crippen MR) is 112 cm³/mol. The molecule has 0 fully saturated rings. The molecule has 0 radical (unpaired) electrons. The number of carbonyl (C=O) groups excluding carboxylic acids is 1. The van der Waals surface area contributed by atoms with Crippen LogP contribution in [0.1, 0.15) is 32.8 Å². The number of anilines is 1. The number of benzene rings is 2. The lowest BCUT2D eigenvalue weighted by molar-refractivity contribution is -0.122. The van der Waals surface area contributed by atoms with E-state index >= 15 is 0 Å². The zero-order valence-electron chi connectivity index (χ0n) is 17.1. The lowest BCUT2D eigenvalue weighted by Crippen LogP contribution is -2.49. The summed E-state index contributed by atoms with van der Waals surface area (Å²) in [5.74, 6) is -0.219. The van der Waals surface area contributed by atoms with Crippen LogP contribution in [0.4, 0.5) is 10.1 Å². The number of hydrogen-bond donors (Lipinski definition) is 1. The second-order valence-electron chi connectivity index (χ2n) is 6.99. The summed E-state index contributed by atoms with van der Waals surface area (Å²) in [6, 6.07) is 11.4. The lowest BCUT2D eigenvalue weighted by Gasteiger charge is -2.30. The highest BCUT2D eigenvalue weighted by Gasteiger charge is 2.31. The molecule has 0 unspecified atom stereocenters. The van der Waals surface area contributed by atoms with Gasteiger partial charge in [0.25, 0.3) is 0 Å². The van der Waals surface area contributed by atoms with Gasteiger partial charge in [-0.2, -0.15) is 0 Å². The zero-order chi connectivity index (χ0) is 21.6. The molecule has 29 heavy (non-hydrogen) atoms. The molecular formula is C21H27FN2O4S. The monoisotopic (exact) mass is 422 g/mol. The first kappa shape index (κ1) is 22.7. The molecule has 0 aliphatic rings. The summed E-state index contributed by atoms with van der Waals surface area (Å²) in [4.78, 5) is 12.8. The van der Waals surface area contributed by atoms with Gasteiger partial charge in [-0.15, -0.1) is 0 Å². The molecular weight excluding hydrogens is 395 g/mol. The minimum absolute atomic E-state index is 0.0309. The maximum absolute atomic E-state index is 13.3. The molecule has 0 aromatic heterocycles. The minimum Gasteiger partial charge on any atom is -0.491 e. The number of nitrogens with zero attached hydrogens (tertiary/aromatic N) is 1. The van der Waals surface area contributed by atoms with Crippen molar-refractivity contribution in [2.24, 2.45) is 0 Å². The van der Waals surface area contributed by atoms with Gasteiger partial charge in [0.05, 0.1) is 18.0 Å². The Morgan fingerprint density at radius 1 is 1.17 bits per heavy atom. The number of halogens is 1. The van der Waals surface area contributed by atoms with Crippen molar-refractivity contribution in [1.82, 2.24) is 5.32 Å². The van der Waals surface area contributed by atoms with E-state index in [2.05, 4.69) is 5.32 Å². The van der Waals surface area contributed by atoms with Crippen molar-refractivity contribution in [3.63, 3.8) is 0 Å². The van der Waals surface area contributed by atoms with Gasteiger partial charge in [0.15, 0.2) is 0 Å². The molecule has 0 heterocycles. The summed E-state index contributed by atoms with van der Waals surface area (Å²) in [7, 11) is -3.76. The SMILES string of the molecule is CC[C@@H](C(=O)NCc1cccc(OC(C)C)c1)N(c1ccc(F)cc1)S(C)(=O)=O. The quantitative estimate of drug-likeness (QED) is 0.671. The first-order valence-electron chi connectivity index (χ1n) is 9.40. The fraction of sp³-hybridized carbons (Fsp3) is 0.381. The third-order valence-electron chi connectivity index (χ3n) is 4.15. The first-order valence-corrected chi connectivity index (χ1v) is 11.2. The van der Waals surface area contributed by atoms with Crippen LogP contribution >= 0.6 is 0 Å². The van der Waals surface area contributed by atoms with Crippen molar-refractivity contribution in [3.05, 3.63) is 59.9 Å². The van der Waals surface area contributed by atoms with E-state index < -0.39 is 27.8 Å². The third-order valence-corrected chi connectivity index (χ3v) is 5.33. The van der Waals surface area contributed by atoms with Gasteiger partial charge in [-0.05, 0) is 62.2 Å². The average Bonchev–Trinajstić information content (AvgIpc) is 2.64. The van der Waals surface area contributed by atoms with E-state index in [1.807, 2.05) is 38.1 Å². The number of ether oxygens (including phenoxy) is 1. The maximum Gasteiger partial charge on any atom is 0.244 e. The molecule has 0 saturated carbocycles. The van der Waals surface area contributed by atoms with E-state index in [9.17, 15) is 17.6 Å². The Labute approximate surface area is 171 Å². The highest BCUT2D eigenvalue weighted by atomic mass is 32.2. The molecule has 0 aliphatic carbocycles. The zero-order valence-corrected chi connectivity index (χ0v) is 17.9. The maximum atomic E-state index is 13.3. The number of carbonyl (C=O) groups is 1. The normalized spacial score (nSPS) is 12.5. The van der Waals surface area contributed by atoms with Crippen LogP contribution in [0.3, 0.4) is 0 Å². The lowest BCUT2D eigenvalue weighted by atomic mass is 10.1. The summed E-state index contributed by atoms with van der Waals surface area (Å²) < 4.78 is 44.7. The molecule has 158 valence electrons. The molecule has 1 atom stereocenters. The van der Waals surface area contributed by atoms with Crippen molar-refractivity contribution < 1.29 is 22.3 Å². The Balaban J connectivity index is 2.18. The Morgan fingerprint density at radius 3 is 2.38 bits per heavy atom. The second-order valence-corrected chi connectivity index (χ2v) is 8.85. The van der Waals surface area contributed by atoms with Gasteiger partial charge in [-0.1, -0.05) is 19.1 Å². The van der Waals surface area contributed by atoms with Gasteiger partial charge in [0, 0.05) is 6.54 Å². The second kappa shape index (κ2) is 9.73. The fourth-order valence-electron chi connectivity index (χ4n) is 2.96. The van der Waals surface area contributed by atoms with Gasteiger partial charge >= 0.3 is 0 Å². The van der Waals surface area contributed by atoms with Crippen LogP contribution < -0.4 is 14.4 Å². The Kier molecular flexibility index (Phi) is 7.61. The van der Waals surface area contributed by atoms with Crippen molar-refractivity contribution in [1.29, 1.82) is 0 Å². The smallest absolute Gasteiger partial charge is 0.244 e. The van der Waals surface area contributed by atoms with Crippen LogP contribution in [0.15, 0.2) is 48.5 Å². The van der Waals surface area contributed by atoms with Gasteiger partial charge < -0.3 is 10.1 Å². The summed E-state index contributed by atoms with van der Waals surface area (Å²) in [5, 5.41) is 2.79. The molecule has 2 aromatic carbocycles. The highest BCUT2D eigenvalue weighted by Crippen LogP contribution is 2.23. The summed E-state index contributed by atoms with van der Waals surface area (Å²) >= 11 is 0. The van der Waals surface area contributed by atoms with Gasteiger partial charge in [0.1, 0.15) is 17.6 Å². The van der Waals surface area contributed by atoms with Crippen LogP contribution in [0.5, 0.6) is 5.75 Å². The van der Waals surface area contributed by atoms with Crippen molar-refractivity contribution in [3.8, 4) is 5.75 Å². The number of nitrogens with one attached hydrogen (secondary N) is 1. The standard InChI is InChI=1S/C21H27FN2O4S/c1-5-20(24(29(4,26)27)18-11-9-17(22)10-12-18)21(25)23-14-16-7-6-8-19(13-16)28-15(2)3/h6-13,15,20H,5,14H2,1-4H3,(H,23,25)/t20-/m0/s1. The number of hydrogen-bond acceptors (Lipinski definition) is 4. The molecule has 1 N–H and O–H groups in total. The van der Waals surface area contributed by atoms with Crippen molar-refractivity contribution in [2.45, 2.75) is 45.9 Å². The molecule has 2 rings (SSSR count). The van der Waals surface area contributed by atoms with Crippen LogP contribution in [0, 0.1) is 5.82 Å². The van der Waals surface area contributed by atoms with Crippen LogP contribution in [-0.2, 0) is 21.4 Å². The molecule has 6 nitrogen and oxygen atoms in total. The summed E-state index contributed by atoms with van der Waals surface area (Å²) in [5.41, 5.74) is 1.07. The number of rotatable bonds is 9. The van der Waals surface area contributed by atoms with E-state index in [0.29, 0.717) is 5.75 Å². The van der Waals surface area contributed by atoms with E-state index in [-0.39, 0.29) is 24.8 Å². The highest BCUT2D eigenvalue weighted by molar-refractivity contribution is 7.92. The van der Waals surface area contributed by atoms with Crippen molar-refractivity contribution in [2.75, 3.05) is 10.6 Å². The third kappa shape index (κ3) is 6.45. The first-order chi connectivity index (χ1) is 13.6. The molecule has 0 spiro atoms. The van der Waals surface area contributed by atoms with E-state index in [0.717, 1.165) is 16.1 Å². The minimum atomic E-state index is -3.76. The van der Waals surface area contributed by atoms with Crippen molar-refractivity contribution >= 4 is 21.6 Å². The van der Waals surface area contributed by atoms with Crippen LogP contribution in [0.2, 0.25) is 0 Å². The Morgan fingerprint density at radius 2 is 1.83 bits per heavy atom. The van der Waals surface area contributed by atoms with Gasteiger partial charge in [0.2, 0.25) is 15.9 Å². The predicted octanol–water partition coefficient (Wildman–Crippen LogP) is 3.47. The Bertz CT molecular complexity index is 930. The van der Waals surface area contributed by atoms with Gasteiger partial charge in [-0.3, -0.25) is 9.10 Å². The Hall–Kier alpha value is -2.61. The molecule has 2 aromatic rings. The molecule has 8 heteroatoms. The number of sulfonamides is 1. The van der Waals surface area contributed by atoms with Crippen LogP contribution in [-0.4, -0.2) is 32.7 Å². The topological polar surface area (TPSA) is 75.7 Å². The summed E-state index contributed by atoms with van der Waals surface area (Å²) in [6.07, 6.45) is 1.31. The van der Waals surface area contributed by atoms with Gasteiger partial charge in [-0.25, -0.2) is 12.8 Å². The van der Waals surface area contributed by atoms with E-state index in [1.54, 1.807) is 6.92 Å². The molecule has 0 aliphatic heterocycles. The number of amides is 1. The van der Waals surface area contributed by atoms with E-state index in [1.165, 1.54) is 24.3 Å². The molecule has 0 bridgehead atoms. The van der Waals surface area contributed by atoms with E-state index in [4.69, 9.17) is 4.74 Å². The van der Waals surface area contributed by atoms with Crippen LogP contribution in [0.25, 0.3) is 0 Å². The average molecular weight is 423 g/mol. The summed E-state index contributed by atoms with van der Waals surface area (Å²) in [6.45, 7) is 5.81.